The Kier molecular flexibility index (Phi) is 4.82. The largest absolute Gasteiger partial charge is 0.387 e. The molecule has 0 aromatic rings. The van der Waals surface area contributed by atoms with Gasteiger partial charge in [-0.25, -0.2) is 0 Å². The third-order valence-corrected chi connectivity index (χ3v) is 3.14. The first kappa shape index (κ1) is 12.2. The van der Waals surface area contributed by atoms with Gasteiger partial charge < -0.3 is 10.2 Å². The van der Waals surface area contributed by atoms with Gasteiger partial charge in [0.15, 0.2) is 5.78 Å². The van der Waals surface area contributed by atoms with Crippen molar-refractivity contribution >= 4 is 5.78 Å². The van der Waals surface area contributed by atoms with Crippen LogP contribution in [0, 0.1) is 0 Å². The lowest BCUT2D eigenvalue weighted by molar-refractivity contribution is -0.114. The Bertz CT molecular complexity index is 248. The fourth-order valence-electron chi connectivity index (χ4n) is 1.66. The van der Waals surface area contributed by atoms with Gasteiger partial charge in [-0.2, -0.15) is 0 Å². The molecule has 0 spiro atoms. The van der Waals surface area contributed by atoms with E-state index >= 15 is 0 Å². The number of hydrogen-bond donors (Lipinski definition) is 1. The quantitative estimate of drug-likeness (QED) is 0.722. The van der Waals surface area contributed by atoms with E-state index in [2.05, 4.69) is 31.1 Å². The maximum absolute atomic E-state index is 11.0. The summed E-state index contributed by atoms with van der Waals surface area (Å²) < 4.78 is 0. The molecule has 0 fully saturated rings. The molecule has 0 saturated heterocycles. The van der Waals surface area contributed by atoms with Crippen LogP contribution in [0.4, 0.5) is 0 Å². The molecule has 1 aliphatic carbocycles. The first-order valence-electron chi connectivity index (χ1n) is 5.81. The molecule has 1 aliphatic rings. The molecule has 0 saturated carbocycles. The SMILES string of the molecule is CCC(C)N(C)CCNC1=CC(=O)CC1. The summed E-state index contributed by atoms with van der Waals surface area (Å²) in [5.74, 6) is 0.257. The summed E-state index contributed by atoms with van der Waals surface area (Å²) in [6, 6.07) is 0.631. The highest BCUT2D eigenvalue weighted by molar-refractivity contribution is 5.92. The Hall–Kier alpha value is -0.830. The van der Waals surface area contributed by atoms with Crippen LogP contribution in [0.2, 0.25) is 0 Å². The summed E-state index contributed by atoms with van der Waals surface area (Å²) in [6.07, 6.45) is 4.50. The van der Waals surface area contributed by atoms with Gasteiger partial charge in [0.1, 0.15) is 0 Å². The van der Waals surface area contributed by atoms with Crippen LogP contribution in [-0.4, -0.2) is 36.9 Å². The van der Waals surface area contributed by atoms with E-state index in [1.54, 1.807) is 6.08 Å². The van der Waals surface area contributed by atoms with Gasteiger partial charge in [0.25, 0.3) is 0 Å². The van der Waals surface area contributed by atoms with Gasteiger partial charge in [-0.15, -0.1) is 0 Å². The van der Waals surface area contributed by atoms with E-state index in [-0.39, 0.29) is 5.78 Å². The highest BCUT2D eigenvalue weighted by Crippen LogP contribution is 2.11. The molecule has 0 heterocycles. The van der Waals surface area contributed by atoms with Gasteiger partial charge in [0, 0.05) is 37.3 Å². The Morgan fingerprint density at radius 2 is 2.27 bits per heavy atom. The van der Waals surface area contributed by atoms with Crippen molar-refractivity contribution in [1.29, 1.82) is 0 Å². The van der Waals surface area contributed by atoms with Crippen LogP contribution < -0.4 is 5.32 Å². The molecule has 0 amide bonds. The topological polar surface area (TPSA) is 32.3 Å². The smallest absolute Gasteiger partial charge is 0.157 e. The van der Waals surface area contributed by atoms with Crippen LogP contribution >= 0.6 is 0 Å². The monoisotopic (exact) mass is 210 g/mol. The molecule has 0 aromatic carbocycles. The van der Waals surface area contributed by atoms with Crippen LogP contribution in [0.3, 0.4) is 0 Å². The van der Waals surface area contributed by atoms with Crippen LogP contribution in [0.1, 0.15) is 33.1 Å². The summed E-state index contributed by atoms with van der Waals surface area (Å²) in [5, 5.41) is 3.32. The lowest BCUT2D eigenvalue weighted by Gasteiger charge is -2.23. The average Bonchev–Trinajstić information content (AvgIpc) is 2.63. The molecule has 15 heavy (non-hydrogen) atoms. The molecule has 1 atom stereocenters. The Balaban J connectivity index is 2.16. The molecule has 1 rings (SSSR count). The third-order valence-electron chi connectivity index (χ3n) is 3.14. The standard InChI is InChI=1S/C12H22N2O/c1-4-10(2)14(3)8-7-13-11-5-6-12(15)9-11/h9-10,13H,4-8H2,1-3H3. The fraction of sp³-hybridized carbons (Fsp3) is 0.750. The first-order chi connectivity index (χ1) is 7.13. The molecular formula is C12H22N2O. The van der Waals surface area contributed by atoms with Crippen molar-refractivity contribution in [2.75, 3.05) is 20.1 Å². The molecule has 3 heteroatoms. The third kappa shape index (κ3) is 4.04. The van der Waals surface area contributed by atoms with Crippen LogP contribution in [-0.2, 0) is 4.79 Å². The minimum absolute atomic E-state index is 0.257. The van der Waals surface area contributed by atoms with Crippen molar-refractivity contribution in [3.8, 4) is 0 Å². The predicted molar refractivity (Wildman–Crippen MR) is 62.7 cm³/mol. The summed E-state index contributed by atoms with van der Waals surface area (Å²) in [6.45, 7) is 6.39. The highest BCUT2D eigenvalue weighted by atomic mass is 16.1. The maximum atomic E-state index is 11.0. The van der Waals surface area contributed by atoms with Gasteiger partial charge in [-0.05, 0) is 26.8 Å². The van der Waals surface area contributed by atoms with Gasteiger partial charge in [-0.1, -0.05) is 6.92 Å². The summed E-state index contributed by atoms with van der Waals surface area (Å²) in [7, 11) is 2.14. The van der Waals surface area contributed by atoms with E-state index in [1.165, 1.54) is 6.42 Å². The van der Waals surface area contributed by atoms with E-state index in [9.17, 15) is 4.79 Å². The van der Waals surface area contributed by atoms with Crippen molar-refractivity contribution < 1.29 is 4.79 Å². The van der Waals surface area contributed by atoms with E-state index in [4.69, 9.17) is 0 Å². The molecule has 0 aromatic heterocycles. The maximum Gasteiger partial charge on any atom is 0.157 e. The molecule has 0 aliphatic heterocycles. The van der Waals surface area contributed by atoms with Gasteiger partial charge in [0.05, 0.1) is 0 Å². The number of nitrogens with zero attached hydrogens (tertiary/aromatic N) is 1. The van der Waals surface area contributed by atoms with E-state index in [0.717, 1.165) is 25.2 Å². The normalized spacial score (nSPS) is 18.1. The van der Waals surface area contributed by atoms with Crippen molar-refractivity contribution in [1.82, 2.24) is 10.2 Å². The number of hydrogen-bond acceptors (Lipinski definition) is 3. The summed E-state index contributed by atoms with van der Waals surface area (Å²) in [4.78, 5) is 13.3. The number of carbonyl (C=O) groups is 1. The van der Waals surface area contributed by atoms with Crippen molar-refractivity contribution in [3.05, 3.63) is 11.8 Å². The molecule has 3 nitrogen and oxygen atoms in total. The van der Waals surface area contributed by atoms with Crippen molar-refractivity contribution in [2.24, 2.45) is 0 Å². The predicted octanol–water partition coefficient (Wildman–Crippen LogP) is 1.55. The zero-order valence-electron chi connectivity index (χ0n) is 10.0. The Labute approximate surface area is 92.5 Å². The minimum Gasteiger partial charge on any atom is -0.387 e. The number of nitrogens with one attached hydrogen (secondary N) is 1. The second kappa shape index (κ2) is 5.91. The van der Waals surface area contributed by atoms with Crippen LogP contribution in [0.25, 0.3) is 0 Å². The zero-order valence-corrected chi connectivity index (χ0v) is 10.0. The molecule has 0 radical (unpaired) electrons. The molecule has 0 bridgehead atoms. The van der Waals surface area contributed by atoms with E-state index in [0.29, 0.717) is 12.5 Å². The number of ketones is 1. The second-order valence-corrected chi connectivity index (χ2v) is 4.30. The average molecular weight is 210 g/mol. The van der Waals surface area contributed by atoms with Crippen molar-refractivity contribution in [2.45, 2.75) is 39.2 Å². The van der Waals surface area contributed by atoms with Gasteiger partial charge >= 0.3 is 0 Å². The van der Waals surface area contributed by atoms with E-state index in [1.807, 2.05) is 0 Å². The summed E-state index contributed by atoms with van der Waals surface area (Å²) in [5.41, 5.74) is 1.11. The fourth-order valence-corrected chi connectivity index (χ4v) is 1.66. The number of rotatable bonds is 6. The van der Waals surface area contributed by atoms with Crippen LogP contribution in [0.5, 0.6) is 0 Å². The summed E-state index contributed by atoms with van der Waals surface area (Å²) >= 11 is 0. The molecular weight excluding hydrogens is 188 g/mol. The van der Waals surface area contributed by atoms with E-state index < -0.39 is 0 Å². The minimum atomic E-state index is 0.257. The zero-order chi connectivity index (χ0) is 11.3. The van der Waals surface area contributed by atoms with Gasteiger partial charge in [-0.3, -0.25) is 4.79 Å². The molecule has 1 N–H and O–H groups in total. The van der Waals surface area contributed by atoms with Crippen molar-refractivity contribution in [3.63, 3.8) is 0 Å². The highest BCUT2D eigenvalue weighted by Gasteiger charge is 2.11. The number of allylic oxidation sites excluding steroid dienone is 2. The lowest BCUT2D eigenvalue weighted by atomic mass is 10.2. The Morgan fingerprint density at radius 3 is 2.80 bits per heavy atom. The Morgan fingerprint density at radius 1 is 1.53 bits per heavy atom. The molecule has 86 valence electrons. The van der Waals surface area contributed by atoms with Gasteiger partial charge in [0.2, 0.25) is 0 Å². The lowest BCUT2D eigenvalue weighted by Crippen LogP contribution is -2.34. The molecule has 1 unspecified atom stereocenters. The number of carbonyl (C=O) groups excluding carboxylic acids is 1. The van der Waals surface area contributed by atoms with Crippen LogP contribution in [0.15, 0.2) is 11.8 Å². The number of likely N-dealkylation sites (N-methyl/N-ethyl adjacent to an activating group) is 1. The second-order valence-electron chi connectivity index (χ2n) is 4.30. The first-order valence-corrected chi connectivity index (χ1v) is 5.81.